The van der Waals surface area contributed by atoms with Gasteiger partial charge < -0.3 is 4.57 Å². The fourth-order valence-corrected chi connectivity index (χ4v) is 2.39. The number of likely N-dealkylation sites (N-methyl/N-ethyl adjacent to an activating group) is 1. The van der Waals surface area contributed by atoms with Gasteiger partial charge in [0.05, 0.1) is 6.54 Å². The molecule has 0 bridgehead atoms. The van der Waals surface area contributed by atoms with Gasteiger partial charge in [-0.25, -0.2) is 0 Å². The third-order valence-corrected chi connectivity index (χ3v) is 3.68. The lowest BCUT2D eigenvalue weighted by atomic mass is 10.3. The molecule has 1 aliphatic heterocycles. The zero-order valence-electron chi connectivity index (χ0n) is 12.6. The van der Waals surface area contributed by atoms with E-state index in [4.69, 9.17) is 0 Å². The van der Waals surface area contributed by atoms with Crippen LogP contribution in [0.15, 0.2) is 16.9 Å². The SMILES string of the molecule is C/C=C\S/C=C(\C)c1nnc2n1CCN(C)C2.CC. The Bertz CT molecular complexity index is 448. The van der Waals surface area contributed by atoms with Gasteiger partial charge in [0, 0.05) is 18.7 Å². The zero-order chi connectivity index (χ0) is 14.3. The lowest BCUT2D eigenvalue weighted by Crippen LogP contribution is -2.31. The summed E-state index contributed by atoms with van der Waals surface area (Å²) in [6.45, 7) is 11.0. The molecule has 0 atom stereocenters. The molecule has 0 N–H and O–H groups in total. The van der Waals surface area contributed by atoms with E-state index in [0.29, 0.717) is 0 Å². The Balaban J connectivity index is 0.000000861. The van der Waals surface area contributed by atoms with Crippen LogP contribution in [0.5, 0.6) is 0 Å². The minimum Gasteiger partial charge on any atom is -0.309 e. The van der Waals surface area contributed by atoms with Gasteiger partial charge in [-0.05, 0) is 31.7 Å². The molecule has 0 radical (unpaired) electrons. The van der Waals surface area contributed by atoms with Crippen molar-refractivity contribution >= 4 is 17.3 Å². The quantitative estimate of drug-likeness (QED) is 0.850. The maximum absolute atomic E-state index is 4.29. The van der Waals surface area contributed by atoms with Crippen molar-refractivity contribution in [3.8, 4) is 0 Å². The van der Waals surface area contributed by atoms with E-state index >= 15 is 0 Å². The van der Waals surface area contributed by atoms with Gasteiger partial charge in [-0.1, -0.05) is 19.9 Å². The van der Waals surface area contributed by atoms with Gasteiger partial charge in [0.2, 0.25) is 0 Å². The lowest BCUT2D eigenvalue weighted by molar-refractivity contribution is 0.264. The van der Waals surface area contributed by atoms with Crippen LogP contribution in [0, 0.1) is 0 Å². The Kier molecular flexibility index (Phi) is 6.87. The molecule has 1 aromatic rings. The molecule has 19 heavy (non-hydrogen) atoms. The van der Waals surface area contributed by atoms with Crippen molar-refractivity contribution < 1.29 is 0 Å². The van der Waals surface area contributed by atoms with Crippen molar-refractivity contribution in [2.24, 2.45) is 0 Å². The Morgan fingerprint density at radius 1 is 1.26 bits per heavy atom. The van der Waals surface area contributed by atoms with Gasteiger partial charge in [0.1, 0.15) is 5.82 Å². The Morgan fingerprint density at radius 2 is 2.00 bits per heavy atom. The highest BCUT2D eigenvalue weighted by molar-refractivity contribution is 8.05. The fourth-order valence-electron chi connectivity index (χ4n) is 1.84. The minimum atomic E-state index is 0.891. The van der Waals surface area contributed by atoms with Crippen molar-refractivity contribution in [1.82, 2.24) is 19.7 Å². The average molecular weight is 280 g/mol. The summed E-state index contributed by atoms with van der Waals surface area (Å²) in [5, 5.41) is 12.7. The van der Waals surface area contributed by atoms with E-state index in [0.717, 1.165) is 31.3 Å². The minimum absolute atomic E-state index is 0.891. The van der Waals surface area contributed by atoms with E-state index in [-0.39, 0.29) is 0 Å². The van der Waals surface area contributed by atoms with Crippen LogP contribution >= 0.6 is 11.8 Å². The number of hydrogen-bond acceptors (Lipinski definition) is 4. The second-order valence-electron chi connectivity index (χ2n) is 4.24. The predicted molar refractivity (Wildman–Crippen MR) is 83.8 cm³/mol. The average Bonchev–Trinajstić information content (AvgIpc) is 2.84. The molecule has 2 rings (SSSR count). The van der Waals surface area contributed by atoms with Crippen molar-refractivity contribution in [2.75, 3.05) is 13.6 Å². The third kappa shape index (κ3) is 4.21. The molecule has 0 aliphatic carbocycles. The summed E-state index contributed by atoms with van der Waals surface area (Å²) in [7, 11) is 2.11. The van der Waals surface area contributed by atoms with E-state index in [1.807, 2.05) is 26.8 Å². The van der Waals surface area contributed by atoms with Crippen LogP contribution in [0.1, 0.15) is 39.3 Å². The highest BCUT2D eigenvalue weighted by atomic mass is 32.2. The Hall–Kier alpha value is -1.07. The summed E-state index contributed by atoms with van der Waals surface area (Å²) in [6.07, 6.45) is 2.03. The number of aromatic nitrogens is 3. The molecule has 2 heterocycles. The van der Waals surface area contributed by atoms with Crippen LogP contribution in [-0.4, -0.2) is 33.3 Å². The van der Waals surface area contributed by atoms with E-state index in [1.165, 1.54) is 5.57 Å². The highest BCUT2D eigenvalue weighted by Gasteiger charge is 2.19. The molecule has 1 aromatic heterocycles. The van der Waals surface area contributed by atoms with E-state index in [2.05, 4.69) is 44.5 Å². The van der Waals surface area contributed by atoms with Gasteiger partial charge >= 0.3 is 0 Å². The summed E-state index contributed by atoms with van der Waals surface area (Å²) in [5.41, 5.74) is 1.18. The van der Waals surface area contributed by atoms with E-state index in [1.54, 1.807) is 11.8 Å². The lowest BCUT2D eigenvalue weighted by Gasteiger charge is -2.23. The second kappa shape index (κ2) is 8.17. The first-order chi connectivity index (χ1) is 9.22. The standard InChI is InChI=1S/C12H18N4S.C2H6/c1-4-7-17-9-10(2)12-14-13-11-8-15(3)5-6-16(11)12;1-2/h4,7,9H,5-6,8H2,1-3H3;1-2H3/b7-4-,10-9+;. The number of nitrogens with zero attached hydrogens (tertiary/aromatic N) is 4. The molecule has 0 aromatic carbocycles. The van der Waals surface area contributed by atoms with Crippen molar-refractivity contribution in [3.63, 3.8) is 0 Å². The van der Waals surface area contributed by atoms with E-state index in [9.17, 15) is 0 Å². The zero-order valence-corrected chi connectivity index (χ0v) is 13.4. The first-order valence-corrected chi connectivity index (χ1v) is 7.71. The number of thioether (sulfide) groups is 1. The monoisotopic (exact) mass is 280 g/mol. The highest BCUT2D eigenvalue weighted by Crippen LogP contribution is 2.20. The van der Waals surface area contributed by atoms with Gasteiger partial charge in [-0.2, -0.15) is 0 Å². The molecule has 0 unspecified atom stereocenters. The molecule has 0 saturated heterocycles. The fraction of sp³-hybridized carbons (Fsp3) is 0.571. The van der Waals surface area contributed by atoms with Crippen LogP contribution < -0.4 is 0 Å². The van der Waals surface area contributed by atoms with Crippen LogP contribution in [0.2, 0.25) is 0 Å². The third-order valence-electron chi connectivity index (χ3n) is 2.76. The molecule has 0 fully saturated rings. The van der Waals surface area contributed by atoms with Gasteiger partial charge in [-0.15, -0.1) is 22.0 Å². The molecule has 1 aliphatic rings. The molecular weight excluding hydrogens is 256 g/mol. The van der Waals surface area contributed by atoms with Crippen molar-refractivity contribution in [1.29, 1.82) is 0 Å². The summed E-state index contributed by atoms with van der Waals surface area (Å²) in [4.78, 5) is 2.27. The van der Waals surface area contributed by atoms with Crippen LogP contribution in [0.4, 0.5) is 0 Å². The van der Waals surface area contributed by atoms with Gasteiger partial charge in [0.15, 0.2) is 5.82 Å². The Labute approximate surface area is 120 Å². The van der Waals surface area contributed by atoms with Crippen LogP contribution in [0.3, 0.4) is 0 Å². The van der Waals surface area contributed by atoms with E-state index < -0.39 is 0 Å². The summed E-state index contributed by atoms with van der Waals surface area (Å²) >= 11 is 1.68. The smallest absolute Gasteiger partial charge is 0.160 e. The predicted octanol–water partition coefficient (Wildman–Crippen LogP) is 3.38. The summed E-state index contributed by atoms with van der Waals surface area (Å²) in [6, 6.07) is 0. The van der Waals surface area contributed by atoms with Gasteiger partial charge in [0.25, 0.3) is 0 Å². The van der Waals surface area contributed by atoms with Crippen LogP contribution in [-0.2, 0) is 13.1 Å². The number of rotatable bonds is 3. The number of allylic oxidation sites excluding steroid dienone is 2. The molecule has 0 saturated carbocycles. The molecule has 4 nitrogen and oxygen atoms in total. The second-order valence-corrected chi connectivity index (χ2v) is 5.02. The first-order valence-electron chi connectivity index (χ1n) is 6.76. The number of fused-ring (bicyclic) bond motifs is 1. The molecule has 0 spiro atoms. The normalized spacial score (nSPS) is 16.2. The Morgan fingerprint density at radius 3 is 2.68 bits per heavy atom. The largest absolute Gasteiger partial charge is 0.309 e. The maximum Gasteiger partial charge on any atom is 0.160 e. The molecule has 106 valence electrons. The molecule has 0 amide bonds. The number of hydrogen-bond donors (Lipinski definition) is 0. The summed E-state index contributed by atoms with van der Waals surface area (Å²) in [5.74, 6) is 2.07. The maximum atomic E-state index is 4.29. The summed E-state index contributed by atoms with van der Waals surface area (Å²) < 4.78 is 2.22. The van der Waals surface area contributed by atoms with Crippen molar-refractivity contribution in [2.45, 2.75) is 40.8 Å². The van der Waals surface area contributed by atoms with Gasteiger partial charge in [-0.3, -0.25) is 4.90 Å². The van der Waals surface area contributed by atoms with Crippen molar-refractivity contribution in [3.05, 3.63) is 28.5 Å². The van der Waals surface area contributed by atoms with Crippen LogP contribution in [0.25, 0.3) is 5.57 Å². The molecular formula is C14H24N4S. The molecule has 5 heteroatoms. The topological polar surface area (TPSA) is 34.0 Å². The first kappa shape index (κ1) is 16.0.